The van der Waals surface area contributed by atoms with Crippen molar-refractivity contribution in [2.24, 2.45) is 0 Å². The fourth-order valence-corrected chi connectivity index (χ4v) is 4.28. The van der Waals surface area contributed by atoms with Crippen LogP contribution in [0.2, 0.25) is 5.02 Å². The zero-order valence-electron chi connectivity index (χ0n) is 18.8. The van der Waals surface area contributed by atoms with E-state index in [1.165, 1.54) is 0 Å². The Balaban J connectivity index is 1.80. The van der Waals surface area contributed by atoms with Crippen molar-refractivity contribution < 1.29 is 14.3 Å². The lowest BCUT2D eigenvalue weighted by Gasteiger charge is -2.30. The second kappa shape index (κ2) is 9.25. The standard InChI is InChI=1S/C25H28ClN3O3/c1-5-6-13-32-19-12-9-17(14-20(19)31-4)24-21-22(16-7-10-18(26)11-8-16)27-28-23(21)25(30)29(24)15(2)3/h7-12,14-15,24H,5-6,13H2,1-4H3,(H,27,28). The van der Waals surface area contributed by atoms with Gasteiger partial charge in [0.15, 0.2) is 11.5 Å². The van der Waals surface area contributed by atoms with Gasteiger partial charge in [-0.15, -0.1) is 0 Å². The summed E-state index contributed by atoms with van der Waals surface area (Å²) in [4.78, 5) is 15.2. The van der Waals surface area contributed by atoms with E-state index in [1.807, 2.05) is 61.2 Å². The Kier molecular flexibility index (Phi) is 6.42. The van der Waals surface area contributed by atoms with Gasteiger partial charge in [0.05, 0.1) is 25.5 Å². The molecule has 0 bridgehead atoms. The molecule has 0 spiro atoms. The van der Waals surface area contributed by atoms with Gasteiger partial charge in [-0.25, -0.2) is 0 Å². The first kappa shape index (κ1) is 22.2. The number of fused-ring (bicyclic) bond motifs is 1. The van der Waals surface area contributed by atoms with Crippen LogP contribution in [0.3, 0.4) is 0 Å². The number of halogens is 1. The molecule has 4 rings (SSSR count). The molecule has 1 atom stereocenters. The fraction of sp³-hybridized carbons (Fsp3) is 0.360. The smallest absolute Gasteiger partial charge is 0.273 e. The molecule has 1 aliphatic heterocycles. The largest absolute Gasteiger partial charge is 0.493 e. The molecule has 7 heteroatoms. The van der Waals surface area contributed by atoms with Crippen molar-refractivity contribution in [3.8, 4) is 22.8 Å². The van der Waals surface area contributed by atoms with E-state index in [0.29, 0.717) is 28.8 Å². The van der Waals surface area contributed by atoms with E-state index in [0.717, 1.165) is 35.2 Å². The monoisotopic (exact) mass is 453 g/mol. The lowest BCUT2D eigenvalue weighted by Crippen LogP contribution is -2.35. The number of unbranched alkanes of at least 4 members (excludes halogenated alkanes) is 1. The van der Waals surface area contributed by atoms with Crippen LogP contribution in [0.4, 0.5) is 0 Å². The van der Waals surface area contributed by atoms with Gasteiger partial charge in [0.1, 0.15) is 5.69 Å². The van der Waals surface area contributed by atoms with Crippen molar-refractivity contribution in [1.82, 2.24) is 15.1 Å². The quantitative estimate of drug-likeness (QED) is 0.433. The van der Waals surface area contributed by atoms with Crippen LogP contribution in [0.5, 0.6) is 11.5 Å². The number of carbonyl (C=O) groups is 1. The first-order chi connectivity index (χ1) is 15.5. The number of aromatic amines is 1. The molecule has 1 unspecified atom stereocenters. The summed E-state index contributed by atoms with van der Waals surface area (Å²) in [6, 6.07) is 13.1. The third-order valence-corrected chi connectivity index (χ3v) is 5.99. The van der Waals surface area contributed by atoms with Crippen LogP contribution < -0.4 is 9.47 Å². The van der Waals surface area contributed by atoms with Crippen LogP contribution in [0.1, 0.15) is 61.3 Å². The van der Waals surface area contributed by atoms with E-state index in [-0.39, 0.29) is 18.0 Å². The lowest BCUT2D eigenvalue weighted by atomic mass is 9.95. The summed E-state index contributed by atoms with van der Waals surface area (Å²) in [6.45, 7) is 6.80. The first-order valence-electron chi connectivity index (χ1n) is 10.9. The number of hydrogen-bond acceptors (Lipinski definition) is 4. The minimum atomic E-state index is -0.291. The topological polar surface area (TPSA) is 67.5 Å². The van der Waals surface area contributed by atoms with Gasteiger partial charge in [0, 0.05) is 22.2 Å². The number of methoxy groups -OCH3 is 1. The van der Waals surface area contributed by atoms with Crippen LogP contribution >= 0.6 is 11.6 Å². The Morgan fingerprint density at radius 2 is 1.91 bits per heavy atom. The highest BCUT2D eigenvalue weighted by Gasteiger charge is 2.43. The number of hydrogen-bond donors (Lipinski definition) is 1. The number of amides is 1. The molecule has 168 valence electrons. The molecule has 0 aliphatic carbocycles. The van der Waals surface area contributed by atoms with Crippen LogP contribution in [0.25, 0.3) is 11.3 Å². The molecule has 0 radical (unpaired) electrons. The number of rotatable bonds is 8. The Bertz CT molecular complexity index is 1110. The maximum absolute atomic E-state index is 13.3. The molecule has 0 saturated carbocycles. The Hall–Kier alpha value is -2.99. The highest BCUT2D eigenvalue weighted by atomic mass is 35.5. The Morgan fingerprint density at radius 3 is 2.56 bits per heavy atom. The Morgan fingerprint density at radius 1 is 1.16 bits per heavy atom. The highest BCUT2D eigenvalue weighted by molar-refractivity contribution is 6.30. The molecular formula is C25H28ClN3O3. The summed E-state index contributed by atoms with van der Waals surface area (Å²) < 4.78 is 11.5. The maximum atomic E-state index is 13.3. The summed E-state index contributed by atoms with van der Waals surface area (Å²) >= 11 is 6.08. The van der Waals surface area contributed by atoms with E-state index in [4.69, 9.17) is 21.1 Å². The molecule has 2 aromatic carbocycles. The predicted octanol–water partition coefficient (Wildman–Crippen LogP) is 5.87. The van der Waals surface area contributed by atoms with Gasteiger partial charge in [-0.1, -0.05) is 43.1 Å². The van der Waals surface area contributed by atoms with Crippen LogP contribution in [0.15, 0.2) is 42.5 Å². The fourth-order valence-electron chi connectivity index (χ4n) is 4.15. The molecule has 2 heterocycles. The van der Waals surface area contributed by atoms with E-state index < -0.39 is 0 Å². The van der Waals surface area contributed by atoms with Gasteiger partial charge in [-0.05, 0) is 50.1 Å². The summed E-state index contributed by atoms with van der Waals surface area (Å²) in [6.07, 6.45) is 2.04. The average molecular weight is 454 g/mol. The van der Waals surface area contributed by atoms with Crippen LogP contribution in [-0.2, 0) is 0 Å². The molecule has 0 saturated heterocycles. The van der Waals surface area contributed by atoms with Gasteiger partial charge in [-0.2, -0.15) is 5.10 Å². The number of carbonyl (C=O) groups excluding carboxylic acids is 1. The van der Waals surface area contributed by atoms with Crippen LogP contribution in [-0.4, -0.2) is 40.8 Å². The molecule has 3 aromatic rings. The normalized spacial score (nSPS) is 15.4. The minimum absolute atomic E-state index is 0.00200. The predicted molar refractivity (Wildman–Crippen MR) is 126 cm³/mol. The first-order valence-corrected chi connectivity index (χ1v) is 11.3. The van der Waals surface area contributed by atoms with E-state index in [2.05, 4.69) is 17.1 Å². The molecule has 6 nitrogen and oxygen atoms in total. The Labute approximate surface area is 193 Å². The molecule has 1 amide bonds. The van der Waals surface area contributed by atoms with Crippen LogP contribution in [0, 0.1) is 0 Å². The second-order valence-electron chi connectivity index (χ2n) is 8.19. The molecule has 1 aliphatic rings. The molecule has 1 aromatic heterocycles. The van der Waals surface area contributed by atoms with Crippen molar-refractivity contribution in [1.29, 1.82) is 0 Å². The number of ether oxygens (including phenoxy) is 2. The summed E-state index contributed by atoms with van der Waals surface area (Å²) in [5, 5.41) is 8.13. The summed E-state index contributed by atoms with van der Waals surface area (Å²) in [5.41, 5.74) is 3.99. The zero-order chi connectivity index (χ0) is 22.8. The van der Waals surface area contributed by atoms with Crippen molar-refractivity contribution in [2.75, 3.05) is 13.7 Å². The number of nitrogens with zero attached hydrogens (tertiary/aromatic N) is 2. The van der Waals surface area contributed by atoms with Crippen molar-refractivity contribution >= 4 is 17.5 Å². The van der Waals surface area contributed by atoms with Gasteiger partial charge in [0.2, 0.25) is 0 Å². The van der Waals surface area contributed by atoms with Crippen molar-refractivity contribution in [3.63, 3.8) is 0 Å². The van der Waals surface area contributed by atoms with E-state index >= 15 is 0 Å². The third kappa shape index (κ3) is 3.95. The summed E-state index contributed by atoms with van der Waals surface area (Å²) in [5.74, 6) is 1.30. The number of nitrogens with one attached hydrogen (secondary N) is 1. The van der Waals surface area contributed by atoms with Gasteiger partial charge < -0.3 is 14.4 Å². The zero-order valence-corrected chi connectivity index (χ0v) is 19.6. The number of aromatic nitrogens is 2. The average Bonchev–Trinajstić information content (AvgIpc) is 3.34. The summed E-state index contributed by atoms with van der Waals surface area (Å²) in [7, 11) is 1.63. The van der Waals surface area contributed by atoms with E-state index in [1.54, 1.807) is 7.11 Å². The molecule has 0 fully saturated rings. The van der Waals surface area contributed by atoms with Gasteiger partial charge in [-0.3, -0.25) is 9.89 Å². The SMILES string of the molecule is CCCCOc1ccc(C2c3c(-c4ccc(Cl)cc4)n[nH]c3C(=O)N2C(C)C)cc1OC. The lowest BCUT2D eigenvalue weighted by molar-refractivity contribution is 0.0687. The minimum Gasteiger partial charge on any atom is -0.493 e. The maximum Gasteiger partial charge on any atom is 0.273 e. The highest BCUT2D eigenvalue weighted by Crippen LogP contribution is 2.45. The van der Waals surface area contributed by atoms with Crippen molar-refractivity contribution in [3.05, 3.63) is 64.3 Å². The van der Waals surface area contributed by atoms with E-state index in [9.17, 15) is 4.79 Å². The number of benzene rings is 2. The van der Waals surface area contributed by atoms with Crippen molar-refractivity contribution in [2.45, 2.75) is 45.7 Å². The second-order valence-corrected chi connectivity index (χ2v) is 8.63. The third-order valence-electron chi connectivity index (χ3n) is 5.74. The molecule has 32 heavy (non-hydrogen) atoms. The van der Waals surface area contributed by atoms with Gasteiger partial charge in [0.25, 0.3) is 5.91 Å². The van der Waals surface area contributed by atoms with Gasteiger partial charge >= 0.3 is 0 Å². The molecular weight excluding hydrogens is 426 g/mol. The number of H-pyrrole nitrogens is 1. The molecule has 1 N–H and O–H groups in total.